The number of aryl methyl sites for hydroxylation is 2. The van der Waals surface area contributed by atoms with Crippen LogP contribution < -0.4 is 5.32 Å². The van der Waals surface area contributed by atoms with Gasteiger partial charge in [-0.1, -0.05) is 31.2 Å². The third kappa shape index (κ3) is 3.73. The van der Waals surface area contributed by atoms with Crippen LogP contribution in [0.4, 0.5) is 0 Å². The number of aromatic hydroxyl groups is 1. The molecule has 0 radical (unpaired) electrons. The van der Waals surface area contributed by atoms with Crippen molar-refractivity contribution in [1.29, 1.82) is 0 Å². The SMILES string of the molecule is Cc1sc(C)c(C(=O)NC2CC3(CCC3C)C2)c1Cc1ccc(-c2ccnc(O)c2)cc1. The lowest BCUT2D eigenvalue weighted by Crippen LogP contribution is -2.57. The number of thiophene rings is 1. The summed E-state index contributed by atoms with van der Waals surface area (Å²) in [5, 5.41) is 13.0. The normalized spacial score (nSPS) is 24.1. The molecule has 1 unspecified atom stereocenters. The lowest BCUT2D eigenvalue weighted by molar-refractivity contribution is -0.0599. The molecule has 3 aromatic rings. The Hall–Kier alpha value is -2.66. The lowest BCUT2D eigenvalue weighted by Gasteiger charge is -2.58. The molecular weight excluding hydrogens is 416 g/mol. The van der Waals surface area contributed by atoms with Gasteiger partial charge in [-0.05, 0) is 85.6 Å². The predicted octanol–water partition coefficient (Wildman–Crippen LogP) is 6.03. The van der Waals surface area contributed by atoms with Crippen molar-refractivity contribution in [2.24, 2.45) is 11.3 Å². The molecule has 4 nitrogen and oxygen atoms in total. The number of amides is 1. The van der Waals surface area contributed by atoms with Crippen molar-refractivity contribution in [1.82, 2.24) is 10.3 Å². The van der Waals surface area contributed by atoms with Crippen LogP contribution in [0.25, 0.3) is 11.1 Å². The molecule has 1 atom stereocenters. The number of nitrogens with one attached hydrogen (secondary N) is 1. The van der Waals surface area contributed by atoms with Gasteiger partial charge in [-0.25, -0.2) is 4.98 Å². The first kappa shape index (κ1) is 21.2. The van der Waals surface area contributed by atoms with Crippen molar-refractivity contribution in [2.45, 2.75) is 58.9 Å². The highest BCUT2D eigenvalue weighted by molar-refractivity contribution is 7.12. The van der Waals surface area contributed by atoms with Crippen LogP contribution in [0.1, 0.15) is 63.8 Å². The molecule has 5 heteroatoms. The van der Waals surface area contributed by atoms with Gasteiger partial charge in [0.05, 0.1) is 5.56 Å². The second-order valence-corrected chi connectivity index (χ2v) is 11.2. The van der Waals surface area contributed by atoms with Crippen LogP contribution in [-0.2, 0) is 6.42 Å². The van der Waals surface area contributed by atoms with Gasteiger partial charge in [-0.2, -0.15) is 0 Å². The van der Waals surface area contributed by atoms with Gasteiger partial charge in [0.2, 0.25) is 5.88 Å². The van der Waals surface area contributed by atoms with Crippen LogP contribution >= 0.6 is 11.3 Å². The van der Waals surface area contributed by atoms with E-state index in [1.54, 1.807) is 23.6 Å². The van der Waals surface area contributed by atoms with E-state index < -0.39 is 0 Å². The van der Waals surface area contributed by atoms with Gasteiger partial charge in [0.15, 0.2) is 0 Å². The highest BCUT2D eigenvalue weighted by Crippen LogP contribution is 2.59. The number of rotatable bonds is 5. The monoisotopic (exact) mass is 446 g/mol. The minimum absolute atomic E-state index is 0.0238. The molecular formula is C27H30N2O2S. The Bertz CT molecular complexity index is 1160. The van der Waals surface area contributed by atoms with Crippen molar-refractivity contribution in [3.8, 4) is 17.0 Å². The zero-order valence-electron chi connectivity index (χ0n) is 18.9. The number of benzene rings is 1. The van der Waals surface area contributed by atoms with Gasteiger partial charge < -0.3 is 10.4 Å². The minimum atomic E-state index is 0.0238. The summed E-state index contributed by atoms with van der Waals surface area (Å²) in [5.41, 5.74) is 5.68. The van der Waals surface area contributed by atoms with Crippen molar-refractivity contribution < 1.29 is 9.90 Å². The first-order chi connectivity index (χ1) is 15.3. The van der Waals surface area contributed by atoms with E-state index in [1.807, 2.05) is 6.07 Å². The molecule has 2 heterocycles. The highest BCUT2D eigenvalue weighted by atomic mass is 32.1. The number of pyridine rings is 1. The maximum absolute atomic E-state index is 13.2. The third-order valence-electron chi connectivity index (χ3n) is 7.79. The molecule has 2 aromatic heterocycles. The average molecular weight is 447 g/mol. The molecule has 5 rings (SSSR count). The Balaban J connectivity index is 1.31. The summed E-state index contributed by atoms with van der Waals surface area (Å²) < 4.78 is 0. The molecule has 0 bridgehead atoms. The number of aromatic nitrogens is 1. The van der Waals surface area contributed by atoms with Gasteiger partial charge in [0, 0.05) is 28.1 Å². The summed E-state index contributed by atoms with van der Waals surface area (Å²) in [5.74, 6) is 0.934. The lowest BCUT2D eigenvalue weighted by atomic mass is 9.49. The van der Waals surface area contributed by atoms with Crippen molar-refractivity contribution in [3.05, 3.63) is 69.0 Å². The number of hydrogen-bond donors (Lipinski definition) is 2. The molecule has 2 aliphatic carbocycles. The standard InChI is InChI=1S/C27H30N2O2S/c1-16-8-10-27(16)14-22(15-27)29-26(31)25-18(3)32-17(2)23(25)12-19-4-6-20(7-5-19)21-9-11-28-24(30)13-21/h4-7,9,11,13,16,22H,8,10,12,14-15H2,1-3H3,(H,28,30)(H,29,31). The Morgan fingerprint density at radius 1 is 1.16 bits per heavy atom. The van der Waals surface area contributed by atoms with Crippen LogP contribution in [-0.4, -0.2) is 22.0 Å². The molecule has 166 valence electrons. The molecule has 0 saturated heterocycles. The summed E-state index contributed by atoms with van der Waals surface area (Å²) in [6.45, 7) is 6.53. The summed E-state index contributed by atoms with van der Waals surface area (Å²) in [6.07, 6.45) is 7.31. The van der Waals surface area contributed by atoms with E-state index >= 15 is 0 Å². The van der Waals surface area contributed by atoms with E-state index in [4.69, 9.17) is 0 Å². The number of carbonyl (C=O) groups is 1. The quantitative estimate of drug-likeness (QED) is 0.503. The Morgan fingerprint density at radius 2 is 1.91 bits per heavy atom. The largest absolute Gasteiger partial charge is 0.493 e. The predicted molar refractivity (Wildman–Crippen MR) is 129 cm³/mol. The fourth-order valence-electron chi connectivity index (χ4n) is 5.59. The van der Waals surface area contributed by atoms with E-state index in [0.29, 0.717) is 11.5 Å². The fourth-order valence-corrected chi connectivity index (χ4v) is 6.66. The summed E-state index contributed by atoms with van der Waals surface area (Å²) in [7, 11) is 0. The van der Waals surface area contributed by atoms with Crippen LogP contribution in [0.5, 0.6) is 5.88 Å². The zero-order valence-corrected chi connectivity index (χ0v) is 19.8. The van der Waals surface area contributed by atoms with Crippen LogP contribution in [0.3, 0.4) is 0 Å². The van der Waals surface area contributed by atoms with Gasteiger partial charge in [0.1, 0.15) is 0 Å². The Morgan fingerprint density at radius 3 is 2.53 bits per heavy atom. The molecule has 1 spiro atoms. The summed E-state index contributed by atoms with van der Waals surface area (Å²) in [6, 6.07) is 12.2. The van der Waals surface area contributed by atoms with Crippen molar-refractivity contribution in [2.75, 3.05) is 0 Å². The Labute approximate surface area is 193 Å². The van der Waals surface area contributed by atoms with E-state index in [0.717, 1.165) is 52.3 Å². The molecule has 1 amide bonds. The number of hydrogen-bond acceptors (Lipinski definition) is 4. The second-order valence-electron chi connectivity index (χ2n) is 9.73. The molecule has 2 fully saturated rings. The Kier molecular flexibility index (Phi) is 5.32. The molecule has 32 heavy (non-hydrogen) atoms. The van der Waals surface area contributed by atoms with E-state index in [-0.39, 0.29) is 11.8 Å². The molecule has 2 N–H and O–H groups in total. The van der Waals surface area contributed by atoms with Gasteiger partial charge in [-0.3, -0.25) is 4.79 Å². The average Bonchev–Trinajstić information content (AvgIpc) is 3.02. The van der Waals surface area contributed by atoms with Crippen LogP contribution in [0.2, 0.25) is 0 Å². The van der Waals surface area contributed by atoms with E-state index in [2.05, 4.69) is 55.3 Å². The maximum Gasteiger partial charge on any atom is 0.252 e. The molecule has 0 aliphatic heterocycles. The van der Waals surface area contributed by atoms with E-state index in [9.17, 15) is 9.90 Å². The fraction of sp³-hybridized carbons (Fsp3) is 0.407. The van der Waals surface area contributed by atoms with Crippen molar-refractivity contribution >= 4 is 17.2 Å². The topological polar surface area (TPSA) is 62.2 Å². The first-order valence-electron chi connectivity index (χ1n) is 11.5. The third-order valence-corrected chi connectivity index (χ3v) is 8.85. The number of nitrogens with zero attached hydrogens (tertiary/aromatic N) is 1. The molecule has 2 saturated carbocycles. The van der Waals surface area contributed by atoms with Crippen LogP contribution in [0, 0.1) is 25.2 Å². The first-order valence-corrected chi connectivity index (χ1v) is 12.3. The molecule has 1 aromatic carbocycles. The van der Waals surface area contributed by atoms with E-state index in [1.165, 1.54) is 23.3 Å². The van der Waals surface area contributed by atoms with Crippen molar-refractivity contribution in [3.63, 3.8) is 0 Å². The second kappa shape index (κ2) is 8.04. The highest BCUT2D eigenvalue weighted by Gasteiger charge is 2.53. The van der Waals surface area contributed by atoms with Gasteiger partial charge >= 0.3 is 0 Å². The smallest absolute Gasteiger partial charge is 0.252 e. The van der Waals surface area contributed by atoms with Gasteiger partial charge in [-0.15, -0.1) is 11.3 Å². The molecule has 2 aliphatic rings. The summed E-state index contributed by atoms with van der Waals surface area (Å²) in [4.78, 5) is 19.4. The summed E-state index contributed by atoms with van der Waals surface area (Å²) >= 11 is 1.72. The van der Waals surface area contributed by atoms with Gasteiger partial charge in [0.25, 0.3) is 5.91 Å². The maximum atomic E-state index is 13.2. The zero-order chi connectivity index (χ0) is 22.5. The minimum Gasteiger partial charge on any atom is -0.493 e. The van der Waals surface area contributed by atoms with Crippen LogP contribution in [0.15, 0.2) is 42.6 Å². The number of carbonyl (C=O) groups excluding carboxylic acids is 1.